The largest absolute Gasteiger partial charge is 0.462 e. The van der Waals surface area contributed by atoms with Gasteiger partial charge in [0.05, 0.1) is 17.7 Å². The lowest BCUT2D eigenvalue weighted by atomic mass is 9.98. The van der Waals surface area contributed by atoms with E-state index >= 15 is 0 Å². The summed E-state index contributed by atoms with van der Waals surface area (Å²) in [5, 5.41) is 8.26. The first-order valence-corrected chi connectivity index (χ1v) is 4.71. The van der Waals surface area contributed by atoms with Gasteiger partial charge in [-0.2, -0.15) is 0 Å². The molecule has 0 saturated carbocycles. The summed E-state index contributed by atoms with van der Waals surface area (Å²) in [6.07, 6.45) is 1.02. The first-order valence-electron chi connectivity index (χ1n) is 4.71. The number of H-pyrrole nitrogens is 2. The lowest BCUT2D eigenvalue weighted by Gasteiger charge is -2.24. The molecule has 0 unspecified atom stereocenters. The van der Waals surface area contributed by atoms with Gasteiger partial charge in [-0.3, -0.25) is 15.0 Å². The van der Waals surface area contributed by atoms with Crippen LogP contribution in [0.15, 0.2) is 16.1 Å². The minimum atomic E-state index is -0.324. The predicted octanol–water partition coefficient (Wildman–Crippen LogP) is -0.128. The standard InChI is InChI=1S/C9H9N3O3/c13-8-5-3-4-6(1-2-15-9(4)14)10-7(5)11-12-8/h1-3H2,(H3,10,11,12,13). The maximum atomic E-state index is 11.4. The van der Waals surface area contributed by atoms with Crippen LogP contribution >= 0.6 is 0 Å². The Kier molecular flexibility index (Phi) is 1.53. The minimum absolute atomic E-state index is 0.192. The summed E-state index contributed by atoms with van der Waals surface area (Å²) in [5.41, 5.74) is 1.79. The number of rotatable bonds is 0. The van der Waals surface area contributed by atoms with Crippen LogP contribution in [0.5, 0.6) is 0 Å². The number of nitrogens with one attached hydrogen (secondary N) is 3. The summed E-state index contributed by atoms with van der Waals surface area (Å²) >= 11 is 0. The van der Waals surface area contributed by atoms with E-state index in [9.17, 15) is 9.59 Å². The second-order valence-electron chi connectivity index (χ2n) is 3.58. The Morgan fingerprint density at radius 1 is 1.20 bits per heavy atom. The monoisotopic (exact) mass is 207 g/mol. The molecular weight excluding hydrogens is 198 g/mol. The molecule has 2 aliphatic rings. The molecule has 1 aromatic rings. The Morgan fingerprint density at radius 2 is 2.07 bits per heavy atom. The van der Waals surface area contributed by atoms with E-state index in [1.54, 1.807) is 0 Å². The summed E-state index contributed by atoms with van der Waals surface area (Å²) < 4.78 is 4.92. The molecule has 3 rings (SSSR count). The summed E-state index contributed by atoms with van der Waals surface area (Å²) in [7, 11) is 0. The van der Waals surface area contributed by atoms with Crippen molar-refractivity contribution < 1.29 is 9.53 Å². The molecule has 3 heterocycles. The van der Waals surface area contributed by atoms with Crippen molar-refractivity contribution in [2.24, 2.45) is 0 Å². The predicted molar refractivity (Wildman–Crippen MR) is 51.3 cm³/mol. The number of fused-ring (bicyclic) bond motifs is 1. The van der Waals surface area contributed by atoms with E-state index in [0.29, 0.717) is 36.4 Å². The summed E-state index contributed by atoms with van der Waals surface area (Å²) in [5.74, 6) is 0.337. The Balaban J connectivity index is 2.09. The fourth-order valence-corrected chi connectivity index (χ4v) is 1.91. The number of carbonyl (C=O) groups is 1. The third kappa shape index (κ3) is 1.11. The number of hydrogen-bond donors (Lipinski definition) is 3. The number of esters is 1. The van der Waals surface area contributed by atoms with Crippen molar-refractivity contribution in [3.8, 4) is 0 Å². The highest BCUT2D eigenvalue weighted by Crippen LogP contribution is 2.28. The molecule has 0 aliphatic carbocycles. The van der Waals surface area contributed by atoms with Crippen molar-refractivity contribution in [3.05, 3.63) is 27.2 Å². The van der Waals surface area contributed by atoms with Crippen molar-refractivity contribution >= 4 is 11.8 Å². The molecule has 6 heteroatoms. The molecule has 0 saturated heterocycles. The van der Waals surface area contributed by atoms with E-state index in [0.717, 1.165) is 5.70 Å². The number of anilines is 1. The topological polar surface area (TPSA) is 87.0 Å². The van der Waals surface area contributed by atoms with Crippen LogP contribution in [-0.4, -0.2) is 22.8 Å². The Bertz CT molecular complexity index is 523. The van der Waals surface area contributed by atoms with Gasteiger partial charge in [0.15, 0.2) is 0 Å². The molecule has 0 radical (unpaired) electrons. The number of aromatic nitrogens is 2. The van der Waals surface area contributed by atoms with Crippen molar-refractivity contribution in [2.75, 3.05) is 11.9 Å². The molecule has 1 aromatic heterocycles. The van der Waals surface area contributed by atoms with Crippen LogP contribution in [-0.2, 0) is 16.0 Å². The quantitative estimate of drug-likeness (QED) is 0.517. The van der Waals surface area contributed by atoms with E-state index in [1.165, 1.54) is 0 Å². The molecule has 2 aliphatic heterocycles. The van der Waals surface area contributed by atoms with Crippen LogP contribution in [0.25, 0.3) is 0 Å². The Hall–Kier alpha value is -1.98. The number of carbonyl (C=O) groups excluding carboxylic acids is 1. The Morgan fingerprint density at radius 3 is 2.93 bits per heavy atom. The molecule has 0 spiro atoms. The van der Waals surface area contributed by atoms with Crippen molar-refractivity contribution in [1.29, 1.82) is 0 Å². The normalized spacial score (nSPS) is 19.1. The molecule has 78 valence electrons. The van der Waals surface area contributed by atoms with Crippen LogP contribution in [0.3, 0.4) is 0 Å². The highest BCUT2D eigenvalue weighted by molar-refractivity contribution is 5.92. The zero-order valence-electron chi connectivity index (χ0n) is 7.85. The highest BCUT2D eigenvalue weighted by Gasteiger charge is 2.29. The van der Waals surface area contributed by atoms with Gasteiger partial charge in [-0.05, 0) is 0 Å². The van der Waals surface area contributed by atoms with Gasteiger partial charge in [-0.15, -0.1) is 0 Å². The van der Waals surface area contributed by atoms with E-state index in [-0.39, 0.29) is 11.5 Å². The van der Waals surface area contributed by atoms with Crippen molar-refractivity contribution in [3.63, 3.8) is 0 Å². The molecule has 0 atom stereocenters. The molecule has 6 nitrogen and oxygen atoms in total. The van der Waals surface area contributed by atoms with Crippen LogP contribution in [0.1, 0.15) is 12.0 Å². The number of cyclic esters (lactones) is 1. The van der Waals surface area contributed by atoms with Crippen LogP contribution in [0, 0.1) is 0 Å². The fourth-order valence-electron chi connectivity index (χ4n) is 1.91. The zero-order valence-corrected chi connectivity index (χ0v) is 7.85. The van der Waals surface area contributed by atoms with E-state index in [2.05, 4.69) is 15.5 Å². The van der Waals surface area contributed by atoms with Gasteiger partial charge in [-0.1, -0.05) is 0 Å². The average Bonchev–Trinajstić information content (AvgIpc) is 2.59. The molecule has 15 heavy (non-hydrogen) atoms. The molecule has 0 aromatic carbocycles. The first kappa shape index (κ1) is 8.34. The third-order valence-electron chi connectivity index (χ3n) is 2.70. The smallest absolute Gasteiger partial charge is 0.336 e. The van der Waals surface area contributed by atoms with Gasteiger partial charge < -0.3 is 10.1 Å². The molecule has 0 amide bonds. The second kappa shape index (κ2) is 2.75. The number of ether oxygens (including phenoxy) is 1. The first-order chi connectivity index (χ1) is 7.25. The van der Waals surface area contributed by atoms with Crippen LogP contribution in [0.2, 0.25) is 0 Å². The van der Waals surface area contributed by atoms with Gasteiger partial charge in [0.1, 0.15) is 5.82 Å². The van der Waals surface area contributed by atoms with Crippen molar-refractivity contribution in [2.45, 2.75) is 12.8 Å². The minimum Gasteiger partial charge on any atom is -0.462 e. The van der Waals surface area contributed by atoms with E-state index < -0.39 is 0 Å². The lowest BCUT2D eigenvalue weighted by molar-refractivity contribution is -0.140. The number of aromatic amines is 2. The van der Waals surface area contributed by atoms with Gasteiger partial charge >= 0.3 is 5.97 Å². The zero-order chi connectivity index (χ0) is 10.4. The highest BCUT2D eigenvalue weighted by atomic mass is 16.5. The molecular formula is C9H9N3O3. The number of hydrogen-bond acceptors (Lipinski definition) is 4. The molecule has 0 fully saturated rings. The van der Waals surface area contributed by atoms with Crippen LogP contribution < -0.4 is 10.9 Å². The Labute approximate surface area is 84.3 Å². The van der Waals surface area contributed by atoms with E-state index in [1.807, 2.05) is 0 Å². The van der Waals surface area contributed by atoms with Crippen LogP contribution in [0.4, 0.5) is 5.82 Å². The molecule has 3 N–H and O–H groups in total. The summed E-state index contributed by atoms with van der Waals surface area (Å²) in [6, 6.07) is 0. The SMILES string of the molecule is O=C1OCCC2=C1Cc1c([nH][nH]c1=O)N2. The molecule has 0 bridgehead atoms. The van der Waals surface area contributed by atoms with Gasteiger partial charge in [0.25, 0.3) is 5.56 Å². The van der Waals surface area contributed by atoms with Gasteiger partial charge in [-0.25, -0.2) is 4.79 Å². The fraction of sp³-hybridized carbons (Fsp3) is 0.333. The van der Waals surface area contributed by atoms with Gasteiger partial charge in [0.2, 0.25) is 0 Å². The third-order valence-corrected chi connectivity index (χ3v) is 2.70. The second-order valence-corrected chi connectivity index (χ2v) is 3.58. The summed E-state index contributed by atoms with van der Waals surface area (Å²) in [4.78, 5) is 22.8. The summed E-state index contributed by atoms with van der Waals surface area (Å²) in [6.45, 7) is 0.397. The lowest BCUT2D eigenvalue weighted by Crippen LogP contribution is -2.27. The van der Waals surface area contributed by atoms with Gasteiger partial charge in [0, 0.05) is 18.5 Å². The van der Waals surface area contributed by atoms with Crippen molar-refractivity contribution in [1.82, 2.24) is 10.2 Å². The van der Waals surface area contributed by atoms with E-state index in [4.69, 9.17) is 4.74 Å². The maximum absolute atomic E-state index is 11.4. The maximum Gasteiger partial charge on any atom is 0.336 e. The average molecular weight is 207 g/mol.